The second-order valence-corrected chi connectivity index (χ2v) is 13.0. The molecule has 5 heteroatoms. The molecule has 0 fully saturated rings. The fourth-order valence-electron chi connectivity index (χ4n) is 5.86. The van der Waals surface area contributed by atoms with Crippen molar-refractivity contribution in [1.29, 1.82) is 0 Å². The summed E-state index contributed by atoms with van der Waals surface area (Å²) in [6.45, 7) is 6.64. The molecule has 0 aliphatic rings. The number of carbonyl (C=O) groups is 2. The normalized spacial score (nSPS) is 12.7. The monoisotopic (exact) mass is 611 g/mol. The van der Waals surface area contributed by atoms with Gasteiger partial charge >= 0.3 is 11.9 Å². The number of aliphatic hydroxyl groups is 1. The predicted octanol–water partition coefficient (Wildman–Crippen LogP) is 11.6. The Kier molecular flexibility index (Phi) is 32.9. The standard InChI is InChI=1S/C38H74O5/c1-4-7-10-13-16-19-20-23-26-29-32-38(41)43-36(33-34-39)35(30-27-24-21-17-14-11-8-5-2)42-37(40)31-28-25-22-18-15-12-9-6-3/h35-36,39H,4-34H2,1-3H3. The summed E-state index contributed by atoms with van der Waals surface area (Å²) in [4.78, 5) is 25.6. The van der Waals surface area contributed by atoms with Crippen LogP contribution < -0.4 is 0 Å². The van der Waals surface area contributed by atoms with Crippen LogP contribution in [0, 0.1) is 0 Å². The minimum atomic E-state index is -0.562. The molecule has 2 unspecified atom stereocenters. The highest BCUT2D eigenvalue weighted by atomic mass is 16.6. The van der Waals surface area contributed by atoms with Crippen LogP contribution >= 0.6 is 0 Å². The Morgan fingerprint density at radius 1 is 0.419 bits per heavy atom. The molecule has 0 amide bonds. The predicted molar refractivity (Wildman–Crippen MR) is 182 cm³/mol. The van der Waals surface area contributed by atoms with E-state index in [1.807, 2.05) is 0 Å². The number of ether oxygens (including phenoxy) is 2. The first-order chi connectivity index (χ1) is 21.1. The Labute approximate surface area is 268 Å². The molecule has 0 aliphatic heterocycles. The molecule has 0 spiro atoms. The summed E-state index contributed by atoms with van der Waals surface area (Å²) >= 11 is 0. The first-order valence-electron chi connectivity index (χ1n) is 19.1. The molecule has 0 aromatic heterocycles. The van der Waals surface area contributed by atoms with Gasteiger partial charge in [0.1, 0.15) is 12.2 Å². The smallest absolute Gasteiger partial charge is 0.306 e. The number of unbranched alkanes of at least 4 members (excludes halogenated alkanes) is 23. The van der Waals surface area contributed by atoms with Crippen molar-refractivity contribution in [3.8, 4) is 0 Å². The molecular formula is C38H74O5. The lowest BCUT2D eigenvalue weighted by Crippen LogP contribution is -2.36. The van der Waals surface area contributed by atoms with Crippen molar-refractivity contribution in [3.63, 3.8) is 0 Å². The van der Waals surface area contributed by atoms with Gasteiger partial charge in [0.15, 0.2) is 0 Å². The molecule has 0 aliphatic carbocycles. The van der Waals surface area contributed by atoms with E-state index in [4.69, 9.17) is 9.47 Å². The second kappa shape index (κ2) is 33.8. The van der Waals surface area contributed by atoms with E-state index >= 15 is 0 Å². The summed E-state index contributed by atoms with van der Waals surface area (Å²) in [6.07, 6.45) is 32.1. The van der Waals surface area contributed by atoms with Gasteiger partial charge in [-0.05, 0) is 25.7 Å². The van der Waals surface area contributed by atoms with E-state index in [1.165, 1.54) is 128 Å². The van der Waals surface area contributed by atoms with Crippen molar-refractivity contribution in [3.05, 3.63) is 0 Å². The summed E-state index contributed by atoms with van der Waals surface area (Å²) < 4.78 is 11.8. The average Bonchev–Trinajstić information content (AvgIpc) is 3.00. The van der Waals surface area contributed by atoms with Gasteiger partial charge in [-0.25, -0.2) is 0 Å². The molecule has 0 bridgehead atoms. The zero-order chi connectivity index (χ0) is 31.6. The van der Waals surface area contributed by atoms with Crippen LogP contribution in [0.3, 0.4) is 0 Å². The molecule has 43 heavy (non-hydrogen) atoms. The van der Waals surface area contributed by atoms with Crippen LogP contribution in [0.25, 0.3) is 0 Å². The van der Waals surface area contributed by atoms with Crippen molar-refractivity contribution < 1.29 is 24.2 Å². The van der Waals surface area contributed by atoms with E-state index in [9.17, 15) is 14.7 Å². The van der Waals surface area contributed by atoms with Crippen LogP contribution in [0.1, 0.15) is 213 Å². The highest BCUT2D eigenvalue weighted by Gasteiger charge is 2.28. The minimum Gasteiger partial charge on any atom is -0.458 e. The second-order valence-electron chi connectivity index (χ2n) is 13.0. The molecule has 0 saturated heterocycles. The van der Waals surface area contributed by atoms with Gasteiger partial charge in [-0.1, -0.05) is 168 Å². The molecule has 5 nitrogen and oxygen atoms in total. The van der Waals surface area contributed by atoms with Crippen molar-refractivity contribution in [2.75, 3.05) is 6.61 Å². The lowest BCUT2D eigenvalue weighted by Gasteiger charge is -2.27. The van der Waals surface area contributed by atoms with Crippen LogP contribution in [-0.4, -0.2) is 35.9 Å². The van der Waals surface area contributed by atoms with Crippen molar-refractivity contribution in [1.82, 2.24) is 0 Å². The highest BCUT2D eigenvalue weighted by molar-refractivity contribution is 5.70. The fraction of sp³-hybridized carbons (Fsp3) is 0.947. The van der Waals surface area contributed by atoms with Crippen LogP contribution in [0.4, 0.5) is 0 Å². The topological polar surface area (TPSA) is 72.8 Å². The maximum atomic E-state index is 12.8. The Balaban J connectivity index is 4.62. The highest BCUT2D eigenvalue weighted by Crippen LogP contribution is 2.20. The maximum absolute atomic E-state index is 12.8. The number of aliphatic hydroxyl groups excluding tert-OH is 1. The zero-order valence-electron chi connectivity index (χ0n) is 29.2. The Morgan fingerprint density at radius 2 is 0.698 bits per heavy atom. The third-order valence-corrected chi connectivity index (χ3v) is 8.71. The van der Waals surface area contributed by atoms with Crippen molar-refractivity contribution >= 4 is 11.9 Å². The van der Waals surface area contributed by atoms with E-state index in [2.05, 4.69) is 20.8 Å². The Hall–Kier alpha value is -1.10. The molecule has 0 radical (unpaired) electrons. The molecule has 0 rings (SSSR count). The van der Waals surface area contributed by atoms with Gasteiger partial charge in [0.2, 0.25) is 0 Å². The first kappa shape index (κ1) is 41.9. The van der Waals surface area contributed by atoms with Gasteiger partial charge < -0.3 is 14.6 Å². The number of esters is 2. The van der Waals surface area contributed by atoms with Crippen LogP contribution in [0.15, 0.2) is 0 Å². The van der Waals surface area contributed by atoms with Gasteiger partial charge in [0.05, 0.1) is 0 Å². The molecular weight excluding hydrogens is 536 g/mol. The zero-order valence-corrected chi connectivity index (χ0v) is 29.2. The molecule has 0 aromatic rings. The minimum absolute atomic E-state index is 0.0836. The van der Waals surface area contributed by atoms with E-state index in [0.29, 0.717) is 25.7 Å². The maximum Gasteiger partial charge on any atom is 0.306 e. The van der Waals surface area contributed by atoms with Crippen LogP contribution in [-0.2, 0) is 19.1 Å². The molecule has 2 atom stereocenters. The molecule has 256 valence electrons. The van der Waals surface area contributed by atoms with Gasteiger partial charge in [-0.15, -0.1) is 0 Å². The number of rotatable bonds is 34. The van der Waals surface area contributed by atoms with Crippen molar-refractivity contribution in [2.24, 2.45) is 0 Å². The average molecular weight is 611 g/mol. The molecule has 0 heterocycles. The van der Waals surface area contributed by atoms with E-state index < -0.39 is 12.2 Å². The summed E-state index contributed by atoms with van der Waals surface area (Å²) in [6, 6.07) is 0. The molecule has 0 saturated carbocycles. The van der Waals surface area contributed by atoms with Crippen molar-refractivity contribution in [2.45, 2.75) is 226 Å². The van der Waals surface area contributed by atoms with E-state index in [0.717, 1.165) is 38.5 Å². The summed E-state index contributed by atoms with van der Waals surface area (Å²) in [7, 11) is 0. The Bertz CT molecular complexity index is 593. The van der Waals surface area contributed by atoms with Gasteiger partial charge in [-0.2, -0.15) is 0 Å². The lowest BCUT2D eigenvalue weighted by molar-refractivity contribution is -0.170. The quantitative estimate of drug-likeness (QED) is 0.0579. The van der Waals surface area contributed by atoms with E-state index in [1.54, 1.807) is 0 Å². The Morgan fingerprint density at radius 3 is 1.02 bits per heavy atom. The number of hydrogen-bond donors (Lipinski definition) is 1. The van der Waals surface area contributed by atoms with Gasteiger partial charge in [-0.3, -0.25) is 9.59 Å². The number of carbonyl (C=O) groups excluding carboxylic acids is 2. The first-order valence-corrected chi connectivity index (χ1v) is 19.1. The summed E-state index contributed by atoms with van der Waals surface area (Å²) in [5.41, 5.74) is 0. The third kappa shape index (κ3) is 29.4. The summed E-state index contributed by atoms with van der Waals surface area (Å²) in [5, 5.41) is 9.76. The number of hydrogen-bond acceptors (Lipinski definition) is 5. The largest absolute Gasteiger partial charge is 0.458 e. The van der Waals surface area contributed by atoms with Gasteiger partial charge in [0.25, 0.3) is 0 Å². The third-order valence-electron chi connectivity index (χ3n) is 8.71. The molecule has 0 aromatic carbocycles. The molecule has 1 N–H and O–H groups in total. The van der Waals surface area contributed by atoms with E-state index in [-0.39, 0.29) is 18.5 Å². The fourth-order valence-corrected chi connectivity index (χ4v) is 5.86. The van der Waals surface area contributed by atoms with Crippen LogP contribution in [0.2, 0.25) is 0 Å². The van der Waals surface area contributed by atoms with Gasteiger partial charge in [0, 0.05) is 25.9 Å². The van der Waals surface area contributed by atoms with Crippen LogP contribution in [0.5, 0.6) is 0 Å². The lowest BCUT2D eigenvalue weighted by atomic mass is 10.0. The summed E-state index contributed by atoms with van der Waals surface area (Å²) in [5.74, 6) is -0.415. The SMILES string of the molecule is CCCCCCCCCCCCC(=O)OC(CCO)C(CCCCCCCCCC)OC(=O)CCCCCCCCCC.